The third kappa shape index (κ3) is 4.86. The summed E-state index contributed by atoms with van der Waals surface area (Å²) in [5.41, 5.74) is -19.7. The number of cyclic esters (lactones) is 1. The Balaban J connectivity index is 1.86. The summed E-state index contributed by atoms with van der Waals surface area (Å²) in [4.78, 5) is 92.6. The Bertz CT molecular complexity index is 1860. The number of ether oxygens (including phenoxy) is 7. The molecule has 2 bridgehead atoms. The zero-order chi connectivity index (χ0) is 41.8. The quantitative estimate of drug-likeness (QED) is 0.185. The van der Waals surface area contributed by atoms with Gasteiger partial charge in [-0.1, -0.05) is 13.8 Å². The van der Waals surface area contributed by atoms with Crippen LogP contribution in [0.1, 0.15) is 79.4 Å². The van der Waals surface area contributed by atoms with Crippen LogP contribution in [0.2, 0.25) is 0 Å². The molecule has 6 rings (SSSR count). The van der Waals surface area contributed by atoms with E-state index in [1.54, 1.807) is 0 Å². The maximum absolute atomic E-state index is 14.2. The lowest BCUT2D eigenvalue weighted by molar-refractivity contribution is -0.468. The first-order valence-electron chi connectivity index (χ1n) is 17.9. The van der Waals surface area contributed by atoms with Crippen LogP contribution in [0, 0.1) is 28.1 Å². The van der Waals surface area contributed by atoms with Crippen molar-refractivity contribution < 1.29 is 91.6 Å². The number of hydrogen-bond donors (Lipinski definition) is 4. The minimum absolute atomic E-state index is 0.126. The maximum Gasteiger partial charge on any atom is 0.306 e. The van der Waals surface area contributed by atoms with Gasteiger partial charge in [0.05, 0.1) is 36.9 Å². The summed E-state index contributed by atoms with van der Waals surface area (Å²) in [6.07, 6.45) is -10.5. The number of carbonyl (C=O) groups excluding carboxylic acids is 7. The van der Waals surface area contributed by atoms with Crippen molar-refractivity contribution in [2.24, 2.45) is 28.1 Å². The standard InChI is InChI=1S/C37H46O19/c1-16(38)51-15-33-22(11-24(43)49-8)31(6)14-34(33,45)36(47,29(31)54-19(4)41)30(55-20(5)42)35(46)23-12-25(44)56-26(21-9-10-50-13-21)32(23,7)27(52-17(2)39)28(37(33,35)48)53-18(3)40/h9-10,13,22-23,26-30,45-48H,11-12,14-15H2,1-8H3. The van der Waals surface area contributed by atoms with Gasteiger partial charge in [-0.25, -0.2) is 0 Å². The minimum Gasteiger partial charge on any atom is -0.472 e. The topological polar surface area (TPSA) is 278 Å². The van der Waals surface area contributed by atoms with Crippen LogP contribution in [0.15, 0.2) is 23.0 Å². The van der Waals surface area contributed by atoms with Crippen LogP contribution in [0.3, 0.4) is 0 Å². The molecule has 5 fully saturated rings. The highest BCUT2D eigenvalue weighted by Gasteiger charge is 3.01. The molecule has 4 saturated carbocycles. The molecule has 56 heavy (non-hydrogen) atoms. The highest BCUT2D eigenvalue weighted by molar-refractivity contribution is 5.75. The zero-order valence-corrected chi connectivity index (χ0v) is 32.0. The monoisotopic (exact) mass is 794 g/mol. The molecule has 1 aromatic heterocycles. The van der Waals surface area contributed by atoms with E-state index in [-0.39, 0.29) is 5.56 Å². The summed E-state index contributed by atoms with van der Waals surface area (Å²) >= 11 is 0. The van der Waals surface area contributed by atoms with Crippen molar-refractivity contribution >= 4 is 41.8 Å². The number of aliphatic hydroxyl groups is 4. The molecule has 19 heteroatoms. The van der Waals surface area contributed by atoms with Gasteiger partial charge in [-0.05, 0) is 18.4 Å². The van der Waals surface area contributed by atoms with E-state index >= 15 is 0 Å². The highest BCUT2D eigenvalue weighted by Crippen LogP contribution is 2.84. The van der Waals surface area contributed by atoms with Gasteiger partial charge in [-0.2, -0.15) is 0 Å². The molecule has 1 aliphatic heterocycles. The molecule has 0 radical (unpaired) electrons. The van der Waals surface area contributed by atoms with Crippen LogP contribution in [-0.4, -0.2) is 123 Å². The molecule has 1 aromatic rings. The van der Waals surface area contributed by atoms with Gasteiger partial charge in [0, 0.05) is 57.9 Å². The first kappa shape index (κ1) is 41.1. The Labute approximate surface area is 319 Å². The molecule has 0 amide bonds. The van der Waals surface area contributed by atoms with E-state index in [1.807, 2.05) is 0 Å². The fourth-order valence-electron chi connectivity index (χ4n) is 11.8. The molecule has 4 N–H and O–H groups in total. The number of rotatable bonds is 9. The Kier molecular flexibility index (Phi) is 9.51. The van der Waals surface area contributed by atoms with Gasteiger partial charge in [0.1, 0.15) is 35.6 Å². The van der Waals surface area contributed by atoms with Crippen LogP contribution in [0.5, 0.6) is 0 Å². The summed E-state index contributed by atoms with van der Waals surface area (Å²) in [5, 5.41) is 55.1. The van der Waals surface area contributed by atoms with Gasteiger partial charge < -0.3 is 58.0 Å². The Morgan fingerprint density at radius 1 is 0.804 bits per heavy atom. The summed E-state index contributed by atoms with van der Waals surface area (Å²) < 4.78 is 45.1. The zero-order valence-electron chi connectivity index (χ0n) is 32.0. The second kappa shape index (κ2) is 13.0. The molecule has 2 heterocycles. The molecule has 14 unspecified atom stereocenters. The van der Waals surface area contributed by atoms with Crippen molar-refractivity contribution in [2.45, 2.75) is 121 Å². The van der Waals surface area contributed by atoms with Gasteiger partial charge >= 0.3 is 41.8 Å². The number of carbonyl (C=O) groups is 7. The lowest BCUT2D eigenvalue weighted by atomic mass is 9.32. The average molecular weight is 795 g/mol. The van der Waals surface area contributed by atoms with Crippen molar-refractivity contribution in [3.05, 3.63) is 24.2 Å². The predicted octanol–water partition coefficient (Wildman–Crippen LogP) is -0.279. The van der Waals surface area contributed by atoms with Crippen LogP contribution < -0.4 is 0 Å². The van der Waals surface area contributed by atoms with E-state index in [2.05, 4.69) is 0 Å². The van der Waals surface area contributed by atoms with Gasteiger partial charge in [-0.15, -0.1) is 0 Å². The Morgan fingerprint density at radius 2 is 1.38 bits per heavy atom. The van der Waals surface area contributed by atoms with E-state index in [9.17, 15) is 54.0 Å². The summed E-state index contributed by atoms with van der Waals surface area (Å²) in [7, 11) is 1.03. The van der Waals surface area contributed by atoms with E-state index in [4.69, 9.17) is 37.6 Å². The maximum atomic E-state index is 14.2. The Hall–Kier alpha value is -4.59. The van der Waals surface area contributed by atoms with Gasteiger partial charge in [0.15, 0.2) is 23.9 Å². The number of hydrogen-bond acceptors (Lipinski definition) is 19. The molecule has 308 valence electrons. The van der Waals surface area contributed by atoms with Gasteiger partial charge in [0.25, 0.3) is 0 Å². The van der Waals surface area contributed by atoms with E-state index in [1.165, 1.54) is 32.4 Å². The van der Waals surface area contributed by atoms with Crippen LogP contribution in [0.25, 0.3) is 0 Å². The largest absolute Gasteiger partial charge is 0.472 e. The van der Waals surface area contributed by atoms with Crippen molar-refractivity contribution in [1.82, 2.24) is 0 Å². The molecular formula is C37H46O19. The van der Waals surface area contributed by atoms with E-state index in [0.29, 0.717) is 0 Å². The number of methoxy groups -OCH3 is 1. The van der Waals surface area contributed by atoms with Crippen molar-refractivity contribution in [3.8, 4) is 0 Å². The minimum atomic E-state index is -3.46. The summed E-state index contributed by atoms with van der Waals surface area (Å²) in [6, 6.07) is 1.39. The predicted molar refractivity (Wildman–Crippen MR) is 178 cm³/mol. The lowest BCUT2D eigenvalue weighted by Gasteiger charge is -2.78. The van der Waals surface area contributed by atoms with E-state index in [0.717, 1.165) is 41.7 Å². The molecule has 5 aliphatic rings. The number of esters is 7. The second-order valence-corrected chi connectivity index (χ2v) is 16.1. The van der Waals surface area contributed by atoms with Crippen LogP contribution in [0.4, 0.5) is 0 Å². The van der Waals surface area contributed by atoms with Crippen molar-refractivity contribution in [2.75, 3.05) is 13.7 Å². The molecule has 19 nitrogen and oxygen atoms in total. The average Bonchev–Trinajstić information content (AvgIpc) is 3.74. The third-order valence-corrected chi connectivity index (χ3v) is 13.4. The fraction of sp³-hybridized carbons (Fsp3) is 0.703. The van der Waals surface area contributed by atoms with Crippen LogP contribution >= 0.6 is 0 Å². The summed E-state index contributed by atoms with van der Waals surface area (Å²) in [6.45, 7) is 6.31. The molecule has 0 aromatic carbocycles. The molecule has 4 aliphatic carbocycles. The van der Waals surface area contributed by atoms with Gasteiger partial charge in [-0.3, -0.25) is 33.6 Å². The third-order valence-electron chi connectivity index (χ3n) is 13.4. The first-order valence-corrected chi connectivity index (χ1v) is 17.9. The van der Waals surface area contributed by atoms with Crippen LogP contribution in [-0.2, 0) is 66.7 Å². The number of fused-ring (bicyclic) bond motifs is 5. The van der Waals surface area contributed by atoms with Gasteiger partial charge in [0.2, 0.25) is 0 Å². The molecular weight excluding hydrogens is 748 g/mol. The van der Waals surface area contributed by atoms with Crippen molar-refractivity contribution in [3.63, 3.8) is 0 Å². The normalized spacial score (nSPS) is 44.3. The first-order chi connectivity index (χ1) is 25.9. The molecule has 0 spiro atoms. The summed E-state index contributed by atoms with van der Waals surface area (Å²) in [5.74, 6) is -11.0. The number of furan rings is 1. The second-order valence-electron chi connectivity index (χ2n) is 16.1. The molecule has 14 atom stereocenters. The fourth-order valence-corrected chi connectivity index (χ4v) is 11.8. The van der Waals surface area contributed by atoms with Crippen molar-refractivity contribution in [1.29, 1.82) is 0 Å². The lowest BCUT2D eigenvalue weighted by Crippen LogP contribution is -2.98. The van der Waals surface area contributed by atoms with E-state index < -0.39 is 149 Å². The SMILES string of the molecule is COC(=O)CC1C2(C)CC3(O)C(O)(C2OC(C)=O)C(OC(C)=O)C2(O)C4CC(=O)OC(c5ccoc5)C4(C)C(OC(C)=O)C(OC(C)=O)C2(O)C13COC(C)=O. The Morgan fingerprint density at radius 3 is 1.89 bits per heavy atom. The highest BCUT2D eigenvalue weighted by atomic mass is 16.6. The smallest absolute Gasteiger partial charge is 0.306 e. The molecule has 1 saturated heterocycles.